The molecule has 1 saturated carbocycles. The minimum atomic E-state index is -4.45. The Morgan fingerprint density at radius 3 is 2.14 bits per heavy atom. The molecule has 2 amide bonds. The highest BCUT2D eigenvalue weighted by Gasteiger charge is 2.64. The first-order chi connectivity index (χ1) is 10.2. The Morgan fingerprint density at radius 2 is 1.82 bits per heavy atom. The van der Waals surface area contributed by atoms with Gasteiger partial charge in [0.1, 0.15) is 12.1 Å². The van der Waals surface area contributed by atoms with E-state index >= 15 is 0 Å². The van der Waals surface area contributed by atoms with Gasteiger partial charge >= 0.3 is 18.4 Å². The quantitative estimate of drug-likeness (QED) is 0.796. The van der Waals surface area contributed by atoms with Gasteiger partial charge in [-0.05, 0) is 18.4 Å². The molecular formula is C13H15F3N2O4. The highest BCUT2D eigenvalue weighted by Crippen LogP contribution is 2.48. The summed E-state index contributed by atoms with van der Waals surface area (Å²) in [6, 6.07) is 9.37. The van der Waals surface area contributed by atoms with Crippen molar-refractivity contribution in [3.05, 3.63) is 35.9 Å². The van der Waals surface area contributed by atoms with E-state index in [0.29, 0.717) is 0 Å². The lowest BCUT2D eigenvalue weighted by molar-refractivity contribution is -0.163. The predicted molar refractivity (Wildman–Crippen MR) is 70.0 cm³/mol. The molecule has 0 aliphatic heterocycles. The number of halogens is 3. The molecule has 1 fully saturated rings. The Hall–Kier alpha value is -2.45. The summed E-state index contributed by atoms with van der Waals surface area (Å²) in [5, 5.41) is 9.50. The molecule has 9 heteroatoms. The number of primary amides is 1. The third-order valence-electron chi connectivity index (χ3n) is 2.86. The molecule has 0 unspecified atom stereocenters. The van der Waals surface area contributed by atoms with Crippen molar-refractivity contribution in [1.29, 1.82) is 0 Å². The van der Waals surface area contributed by atoms with Gasteiger partial charge in [0.05, 0.1) is 0 Å². The normalized spacial score (nSPS) is 15.0. The van der Waals surface area contributed by atoms with E-state index in [1.54, 1.807) is 0 Å². The Labute approximate surface area is 124 Å². The van der Waals surface area contributed by atoms with Crippen molar-refractivity contribution in [2.24, 2.45) is 5.73 Å². The minimum absolute atomic E-state index is 0.150. The molecular weight excluding hydrogens is 305 g/mol. The summed E-state index contributed by atoms with van der Waals surface area (Å²) in [4.78, 5) is 20.1. The molecule has 1 aromatic rings. The smallest absolute Gasteiger partial charge is 0.411 e. The van der Waals surface area contributed by atoms with Crippen LogP contribution in [0.4, 0.5) is 22.8 Å². The Balaban J connectivity index is 0.000000220. The van der Waals surface area contributed by atoms with Gasteiger partial charge in [-0.25, -0.2) is 9.59 Å². The maximum atomic E-state index is 11.9. The molecule has 0 heterocycles. The third-order valence-corrected chi connectivity index (χ3v) is 2.86. The summed E-state index contributed by atoms with van der Waals surface area (Å²) >= 11 is 0. The van der Waals surface area contributed by atoms with Crippen LogP contribution in [-0.2, 0) is 11.3 Å². The van der Waals surface area contributed by atoms with Crippen molar-refractivity contribution >= 4 is 12.2 Å². The van der Waals surface area contributed by atoms with E-state index in [0.717, 1.165) is 5.56 Å². The summed E-state index contributed by atoms with van der Waals surface area (Å²) in [6.07, 6.45) is -7.12. The van der Waals surface area contributed by atoms with Gasteiger partial charge in [0.15, 0.2) is 0 Å². The van der Waals surface area contributed by atoms with E-state index in [4.69, 9.17) is 10.8 Å². The van der Waals surface area contributed by atoms with Crippen molar-refractivity contribution in [1.82, 2.24) is 5.32 Å². The lowest BCUT2D eigenvalue weighted by Crippen LogP contribution is -2.47. The molecule has 0 spiro atoms. The van der Waals surface area contributed by atoms with E-state index in [2.05, 4.69) is 4.74 Å². The molecule has 22 heavy (non-hydrogen) atoms. The monoisotopic (exact) mass is 320 g/mol. The Kier molecular flexibility index (Phi) is 5.61. The zero-order valence-electron chi connectivity index (χ0n) is 11.4. The van der Waals surface area contributed by atoms with Gasteiger partial charge in [0.25, 0.3) is 0 Å². The number of nitrogens with one attached hydrogen (secondary N) is 1. The number of benzene rings is 1. The van der Waals surface area contributed by atoms with Gasteiger partial charge in [-0.3, -0.25) is 0 Å². The average molecular weight is 320 g/mol. The van der Waals surface area contributed by atoms with E-state index in [1.165, 1.54) is 5.32 Å². The van der Waals surface area contributed by atoms with Crippen LogP contribution in [0.1, 0.15) is 18.4 Å². The largest absolute Gasteiger partial charge is 0.465 e. The van der Waals surface area contributed by atoms with Gasteiger partial charge in [0, 0.05) is 0 Å². The molecule has 6 nitrogen and oxygen atoms in total. The second kappa shape index (κ2) is 7.01. The van der Waals surface area contributed by atoms with E-state index in [1.807, 2.05) is 30.3 Å². The minimum Gasteiger partial charge on any atom is -0.465 e. The van der Waals surface area contributed by atoms with Crippen LogP contribution in [0.2, 0.25) is 0 Å². The van der Waals surface area contributed by atoms with Crippen molar-refractivity contribution < 1.29 is 32.6 Å². The van der Waals surface area contributed by atoms with Crippen molar-refractivity contribution in [3.63, 3.8) is 0 Å². The maximum absolute atomic E-state index is 11.9. The highest BCUT2D eigenvalue weighted by atomic mass is 19.4. The first-order valence-corrected chi connectivity index (χ1v) is 6.20. The first-order valence-electron chi connectivity index (χ1n) is 6.20. The highest BCUT2D eigenvalue weighted by molar-refractivity contribution is 5.66. The van der Waals surface area contributed by atoms with Crippen molar-refractivity contribution in [2.45, 2.75) is 31.2 Å². The molecule has 0 saturated heterocycles. The molecule has 0 radical (unpaired) electrons. The summed E-state index contributed by atoms with van der Waals surface area (Å²) in [5.74, 6) is 0. The predicted octanol–water partition coefficient (Wildman–Crippen LogP) is 2.63. The summed E-state index contributed by atoms with van der Waals surface area (Å²) in [6.45, 7) is 0.246. The van der Waals surface area contributed by atoms with Gasteiger partial charge < -0.3 is 20.9 Å². The first kappa shape index (κ1) is 17.6. The third kappa shape index (κ3) is 5.51. The molecule has 2 rings (SSSR count). The number of rotatable bonds is 3. The van der Waals surface area contributed by atoms with Crippen LogP contribution < -0.4 is 11.1 Å². The van der Waals surface area contributed by atoms with Crippen LogP contribution in [0.15, 0.2) is 30.3 Å². The van der Waals surface area contributed by atoms with Gasteiger partial charge in [-0.2, -0.15) is 13.2 Å². The second-order valence-corrected chi connectivity index (χ2v) is 4.60. The van der Waals surface area contributed by atoms with Gasteiger partial charge in [0.2, 0.25) is 0 Å². The molecule has 122 valence electrons. The maximum Gasteiger partial charge on any atom is 0.411 e. The number of carbonyl (C=O) groups excluding carboxylic acids is 1. The standard InChI is InChI=1S/C8H9NO2.C5H6F3NO2/c9-8(10)11-6-7-4-2-1-3-5-7;6-5(7,8)4(1-2-4)9-3(10)11/h1-5H,6H2,(H2,9,10);9H,1-2H2,(H,10,11). The van der Waals surface area contributed by atoms with Crippen LogP contribution in [0.5, 0.6) is 0 Å². The van der Waals surface area contributed by atoms with Gasteiger partial charge in [-0.15, -0.1) is 0 Å². The molecule has 0 aromatic heterocycles. The summed E-state index contributed by atoms with van der Waals surface area (Å²) in [7, 11) is 0. The van der Waals surface area contributed by atoms with E-state index in [9.17, 15) is 22.8 Å². The number of ether oxygens (including phenoxy) is 1. The Morgan fingerprint density at radius 1 is 1.27 bits per heavy atom. The molecule has 1 aliphatic rings. The number of nitrogens with two attached hydrogens (primary N) is 1. The summed E-state index contributed by atoms with van der Waals surface area (Å²) < 4.78 is 40.4. The fourth-order valence-corrected chi connectivity index (χ4v) is 1.54. The lowest BCUT2D eigenvalue weighted by Gasteiger charge is -2.18. The van der Waals surface area contributed by atoms with Crippen LogP contribution >= 0.6 is 0 Å². The van der Waals surface area contributed by atoms with E-state index < -0.39 is 23.9 Å². The zero-order chi connectivity index (χ0) is 16.8. The number of carbonyl (C=O) groups is 2. The van der Waals surface area contributed by atoms with Gasteiger partial charge in [-0.1, -0.05) is 30.3 Å². The number of hydrogen-bond acceptors (Lipinski definition) is 3. The summed E-state index contributed by atoms with van der Waals surface area (Å²) in [5.41, 5.74) is 3.58. The van der Waals surface area contributed by atoms with Crippen molar-refractivity contribution in [2.75, 3.05) is 0 Å². The van der Waals surface area contributed by atoms with E-state index in [-0.39, 0.29) is 19.4 Å². The fraction of sp³-hybridized carbons (Fsp3) is 0.385. The SMILES string of the molecule is NC(=O)OCc1ccccc1.O=C(O)NC1(C(F)(F)F)CC1. The molecule has 1 aliphatic carbocycles. The van der Waals surface area contributed by atoms with Crippen molar-refractivity contribution in [3.8, 4) is 0 Å². The zero-order valence-corrected chi connectivity index (χ0v) is 11.4. The average Bonchev–Trinajstić information content (AvgIpc) is 3.18. The Bertz CT molecular complexity index is 516. The molecule has 0 atom stereocenters. The number of alkyl halides is 3. The topological polar surface area (TPSA) is 102 Å². The van der Waals surface area contributed by atoms with Crippen LogP contribution in [0, 0.1) is 0 Å². The molecule has 1 aromatic carbocycles. The van der Waals surface area contributed by atoms with Crippen LogP contribution in [0.3, 0.4) is 0 Å². The lowest BCUT2D eigenvalue weighted by atomic mass is 10.2. The van der Waals surface area contributed by atoms with Crippen LogP contribution in [-0.4, -0.2) is 29.0 Å². The molecule has 0 bridgehead atoms. The van der Waals surface area contributed by atoms with Crippen LogP contribution in [0.25, 0.3) is 0 Å². The number of amides is 2. The molecule has 4 N–H and O–H groups in total. The second-order valence-electron chi connectivity index (χ2n) is 4.60. The number of hydrogen-bond donors (Lipinski definition) is 3. The fourth-order valence-electron chi connectivity index (χ4n) is 1.54. The number of carboxylic acid groups (broad SMARTS) is 1.